The second-order valence-corrected chi connectivity index (χ2v) is 7.21. The highest BCUT2D eigenvalue weighted by atomic mass is 16.5. The number of hydrogen-bond acceptors (Lipinski definition) is 6. The maximum absolute atomic E-state index is 12.4. The summed E-state index contributed by atoms with van der Waals surface area (Å²) in [6.07, 6.45) is 7.46. The molecule has 2 heterocycles. The molecule has 7 nitrogen and oxygen atoms in total. The van der Waals surface area contributed by atoms with E-state index in [4.69, 9.17) is 9.47 Å². The zero-order valence-corrected chi connectivity index (χ0v) is 18.3. The van der Waals surface area contributed by atoms with Crippen molar-refractivity contribution in [3.8, 4) is 28.5 Å². The van der Waals surface area contributed by atoms with Crippen LogP contribution in [-0.2, 0) is 11.2 Å². The first-order valence-electron chi connectivity index (χ1n) is 10.7. The number of anilines is 1. The summed E-state index contributed by atoms with van der Waals surface area (Å²) in [4.78, 5) is 25.4. The number of nitrogens with one attached hydrogen (secondary N) is 1. The number of carbonyl (C=O) groups excluding carboxylic acids is 1. The lowest BCUT2D eigenvalue weighted by molar-refractivity contribution is -0.116. The van der Waals surface area contributed by atoms with Crippen LogP contribution >= 0.6 is 0 Å². The third kappa shape index (κ3) is 6.13. The molecule has 0 bridgehead atoms. The molecule has 4 rings (SSSR count). The van der Waals surface area contributed by atoms with Crippen LogP contribution in [0, 0.1) is 0 Å². The molecule has 0 unspecified atom stereocenters. The summed E-state index contributed by atoms with van der Waals surface area (Å²) in [5.74, 6) is 2.07. The molecule has 0 atom stereocenters. The van der Waals surface area contributed by atoms with Crippen LogP contribution in [-0.4, -0.2) is 27.5 Å². The molecule has 4 aromatic rings. The van der Waals surface area contributed by atoms with Gasteiger partial charge in [0.1, 0.15) is 5.75 Å². The van der Waals surface area contributed by atoms with Crippen LogP contribution in [0.1, 0.15) is 18.9 Å². The molecule has 166 valence electrons. The topological polar surface area (TPSA) is 86.2 Å². The highest BCUT2D eigenvalue weighted by Gasteiger charge is 2.10. The maximum atomic E-state index is 12.4. The molecule has 0 saturated carbocycles. The van der Waals surface area contributed by atoms with E-state index in [1.165, 1.54) is 6.20 Å². The third-order valence-electron chi connectivity index (χ3n) is 4.77. The van der Waals surface area contributed by atoms with Crippen LogP contribution in [0.25, 0.3) is 11.3 Å². The van der Waals surface area contributed by atoms with E-state index >= 15 is 0 Å². The van der Waals surface area contributed by atoms with Crippen molar-refractivity contribution in [3.05, 3.63) is 91.0 Å². The van der Waals surface area contributed by atoms with Crippen molar-refractivity contribution in [1.29, 1.82) is 0 Å². The van der Waals surface area contributed by atoms with E-state index in [1.54, 1.807) is 18.6 Å². The lowest BCUT2D eigenvalue weighted by Crippen LogP contribution is -2.13. The SMILES string of the molecule is CCOc1ccccc1Oc1cncc(-c2cncc(NC(=O)CCc3ccccc3)n2)c1. The summed E-state index contributed by atoms with van der Waals surface area (Å²) >= 11 is 0. The monoisotopic (exact) mass is 440 g/mol. The molecular formula is C26H24N4O3. The quantitative estimate of drug-likeness (QED) is 0.380. The van der Waals surface area contributed by atoms with Crippen molar-refractivity contribution >= 4 is 11.7 Å². The van der Waals surface area contributed by atoms with Gasteiger partial charge in [0.25, 0.3) is 0 Å². The van der Waals surface area contributed by atoms with Gasteiger partial charge in [-0.05, 0) is 37.1 Å². The summed E-state index contributed by atoms with van der Waals surface area (Å²) in [6, 6.07) is 19.2. The van der Waals surface area contributed by atoms with Gasteiger partial charge in [0, 0.05) is 18.2 Å². The van der Waals surface area contributed by atoms with Gasteiger partial charge in [-0.25, -0.2) is 4.98 Å². The Balaban J connectivity index is 1.44. The fourth-order valence-electron chi connectivity index (χ4n) is 3.22. The Morgan fingerprint density at radius 3 is 2.48 bits per heavy atom. The first-order valence-corrected chi connectivity index (χ1v) is 10.7. The van der Waals surface area contributed by atoms with Gasteiger partial charge in [-0.15, -0.1) is 0 Å². The average molecular weight is 441 g/mol. The molecular weight excluding hydrogens is 416 g/mol. The minimum Gasteiger partial charge on any atom is -0.490 e. The van der Waals surface area contributed by atoms with Gasteiger partial charge in [0.15, 0.2) is 17.3 Å². The molecule has 1 amide bonds. The maximum Gasteiger partial charge on any atom is 0.225 e. The number of carbonyl (C=O) groups is 1. The fraction of sp³-hybridized carbons (Fsp3) is 0.154. The average Bonchev–Trinajstić information content (AvgIpc) is 2.85. The van der Waals surface area contributed by atoms with Gasteiger partial charge in [-0.3, -0.25) is 14.8 Å². The summed E-state index contributed by atoms with van der Waals surface area (Å²) in [5.41, 5.74) is 2.41. The summed E-state index contributed by atoms with van der Waals surface area (Å²) in [5, 5.41) is 2.82. The molecule has 0 spiro atoms. The number of hydrogen-bond donors (Lipinski definition) is 1. The summed E-state index contributed by atoms with van der Waals surface area (Å²) in [7, 11) is 0. The molecule has 0 radical (unpaired) electrons. The van der Waals surface area contributed by atoms with Gasteiger partial charge in [0.2, 0.25) is 5.91 Å². The molecule has 0 fully saturated rings. The molecule has 0 saturated heterocycles. The number of aromatic nitrogens is 3. The standard InChI is InChI=1S/C26H24N4O3/c1-2-32-23-10-6-7-11-24(23)33-21-14-20(15-27-16-21)22-17-28-18-25(29-22)30-26(31)13-12-19-8-4-3-5-9-19/h3-11,14-18H,2,12-13H2,1H3,(H,29,30,31). The second-order valence-electron chi connectivity index (χ2n) is 7.21. The van der Waals surface area contributed by atoms with Gasteiger partial charge >= 0.3 is 0 Å². The van der Waals surface area contributed by atoms with Gasteiger partial charge < -0.3 is 14.8 Å². The zero-order valence-electron chi connectivity index (χ0n) is 18.3. The first kappa shape index (κ1) is 22.0. The molecule has 0 aliphatic carbocycles. The molecule has 1 N–H and O–H groups in total. The Morgan fingerprint density at radius 2 is 1.67 bits per heavy atom. The molecule has 0 aliphatic heterocycles. The zero-order chi connectivity index (χ0) is 22.9. The third-order valence-corrected chi connectivity index (χ3v) is 4.77. The molecule has 7 heteroatoms. The number of amides is 1. The number of rotatable bonds is 9. The van der Waals surface area contributed by atoms with E-state index in [1.807, 2.05) is 67.6 Å². The highest BCUT2D eigenvalue weighted by Crippen LogP contribution is 2.32. The highest BCUT2D eigenvalue weighted by molar-refractivity contribution is 5.90. The Bertz CT molecular complexity index is 1210. The number of para-hydroxylation sites is 2. The van der Waals surface area contributed by atoms with Crippen molar-refractivity contribution in [2.24, 2.45) is 0 Å². The number of ether oxygens (including phenoxy) is 2. The number of benzene rings is 2. The van der Waals surface area contributed by atoms with Crippen molar-refractivity contribution in [2.45, 2.75) is 19.8 Å². The summed E-state index contributed by atoms with van der Waals surface area (Å²) in [6.45, 7) is 2.46. The Labute approximate surface area is 192 Å². The first-order chi connectivity index (χ1) is 16.2. The smallest absolute Gasteiger partial charge is 0.225 e. The lowest BCUT2D eigenvalue weighted by atomic mass is 10.1. The largest absolute Gasteiger partial charge is 0.490 e. The normalized spacial score (nSPS) is 10.5. The predicted octanol–water partition coefficient (Wildman–Crippen LogP) is 5.30. The van der Waals surface area contributed by atoms with E-state index < -0.39 is 0 Å². The van der Waals surface area contributed by atoms with E-state index in [9.17, 15) is 4.79 Å². The van der Waals surface area contributed by atoms with Crippen molar-refractivity contribution in [2.75, 3.05) is 11.9 Å². The molecule has 2 aromatic carbocycles. The van der Waals surface area contributed by atoms with E-state index in [0.717, 1.165) is 5.56 Å². The van der Waals surface area contributed by atoms with Crippen LogP contribution in [0.4, 0.5) is 5.82 Å². The number of nitrogens with zero attached hydrogens (tertiary/aromatic N) is 3. The van der Waals surface area contributed by atoms with Crippen molar-refractivity contribution < 1.29 is 14.3 Å². The summed E-state index contributed by atoms with van der Waals surface area (Å²) < 4.78 is 11.6. The fourth-order valence-corrected chi connectivity index (χ4v) is 3.22. The molecule has 2 aromatic heterocycles. The van der Waals surface area contributed by atoms with Crippen LogP contribution in [0.5, 0.6) is 17.2 Å². The Kier molecular flexibility index (Phi) is 7.22. The minimum absolute atomic E-state index is 0.118. The van der Waals surface area contributed by atoms with Crippen LogP contribution < -0.4 is 14.8 Å². The van der Waals surface area contributed by atoms with E-state index in [2.05, 4.69) is 20.3 Å². The van der Waals surface area contributed by atoms with E-state index in [-0.39, 0.29) is 5.91 Å². The second kappa shape index (κ2) is 10.9. The van der Waals surface area contributed by atoms with Crippen molar-refractivity contribution in [1.82, 2.24) is 15.0 Å². The minimum atomic E-state index is -0.118. The van der Waals surface area contributed by atoms with Crippen molar-refractivity contribution in [3.63, 3.8) is 0 Å². The molecule has 33 heavy (non-hydrogen) atoms. The predicted molar refractivity (Wildman–Crippen MR) is 126 cm³/mol. The van der Waals surface area contributed by atoms with Crippen LogP contribution in [0.3, 0.4) is 0 Å². The van der Waals surface area contributed by atoms with Crippen LogP contribution in [0.2, 0.25) is 0 Å². The number of aryl methyl sites for hydroxylation is 1. The van der Waals surface area contributed by atoms with Crippen LogP contribution in [0.15, 0.2) is 85.5 Å². The van der Waals surface area contributed by atoms with Gasteiger partial charge in [-0.1, -0.05) is 42.5 Å². The Hall–Kier alpha value is -4.26. The number of pyridine rings is 1. The lowest BCUT2D eigenvalue weighted by Gasteiger charge is -2.12. The van der Waals surface area contributed by atoms with E-state index in [0.29, 0.717) is 53.8 Å². The van der Waals surface area contributed by atoms with Gasteiger partial charge in [-0.2, -0.15) is 0 Å². The Morgan fingerprint density at radius 1 is 0.909 bits per heavy atom. The molecule has 0 aliphatic rings. The van der Waals surface area contributed by atoms with Gasteiger partial charge in [0.05, 0.1) is 30.9 Å².